The van der Waals surface area contributed by atoms with Gasteiger partial charge >= 0.3 is 5.97 Å². The number of nitrogens with one attached hydrogen (secondary N) is 1. The zero-order chi connectivity index (χ0) is 9.14. The third-order valence-corrected chi connectivity index (χ3v) is 1.63. The van der Waals surface area contributed by atoms with E-state index in [1.54, 1.807) is 0 Å². The van der Waals surface area contributed by atoms with Crippen LogP contribution >= 0.6 is 0 Å². The van der Waals surface area contributed by atoms with Gasteiger partial charge in [-0.3, -0.25) is 4.79 Å². The van der Waals surface area contributed by atoms with Crippen molar-refractivity contribution in [1.29, 1.82) is 0 Å². The molecule has 0 radical (unpaired) electrons. The molecule has 0 saturated carbocycles. The molecule has 0 bridgehead atoms. The summed E-state index contributed by atoms with van der Waals surface area (Å²) in [6.45, 7) is 1.68. The number of ether oxygens (including phenoxy) is 1. The van der Waals surface area contributed by atoms with Gasteiger partial charge in [-0.2, -0.15) is 0 Å². The third kappa shape index (κ3) is 1.94. The molecule has 0 aromatic heterocycles. The molecule has 0 aromatic carbocycles. The number of hydrogen-bond acceptors (Lipinski definition) is 4. The highest BCUT2D eigenvalue weighted by molar-refractivity contribution is 5.87. The normalized spacial score (nSPS) is 24.8. The monoisotopic (exact) mass is 173 g/mol. The van der Waals surface area contributed by atoms with Crippen molar-refractivity contribution in [3.8, 4) is 0 Å². The Hall–Kier alpha value is -1.10. The molecule has 1 unspecified atom stereocenters. The first-order valence-corrected chi connectivity index (χ1v) is 3.76. The van der Waals surface area contributed by atoms with Gasteiger partial charge in [0.15, 0.2) is 0 Å². The van der Waals surface area contributed by atoms with Crippen molar-refractivity contribution in [3.05, 3.63) is 0 Å². The predicted molar refractivity (Wildman–Crippen MR) is 39.2 cm³/mol. The van der Waals surface area contributed by atoms with Crippen LogP contribution in [0.15, 0.2) is 0 Å². The van der Waals surface area contributed by atoms with Gasteiger partial charge in [0.2, 0.25) is 5.91 Å². The minimum Gasteiger partial charge on any atom is -0.464 e. The number of cyclic esters (lactones) is 1. The minimum absolute atomic E-state index is 0.337. The Morgan fingerprint density at radius 1 is 1.83 bits per heavy atom. The lowest BCUT2D eigenvalue weighted by atomic mass is 10.2. The predicted octanol–water partition coefficient (Wildman–Crippen LogP) is -1.20. The molecule has 12 heavy (non-hydrogen) atoms. The van der Waals surface area contributed by atoms with Crippen molar-refractivity contribution in [3.63, 3.8) is 0 Å². The fourth-order valence-corrected chi connectivity index (χ4v) is 0.919. The van der Waals surface area contributed by atoms with Crippen LogP contribution in [0, 0.1) is 0 Å². The number of aliphatic hydroxyl groups excluding tert-OH is 1. The molecular weight excluding hydrogens is 162 g/mol. The second-order valence-corrected chi connectivity index (χ2v) is 2.69. The highest BCUT2D eigenvalue weighted by Gasteiger charge is 2.28. The number of amides is 1. The summed E-state index contributed by atoms with van der Waals surface area (Å²) < 4.78 is 4.61. The summed E-state index contributed by atoms with van der Waals surface area (Å²) in [6.07, 6.45) is -0.601. The van der Waals surface area contributed by atoms with Gasteiger partial charge in [-0.1, -0.05) is 0 Å². The van der Waals surface area contributed by atoms with Gasteiger partial charge < -0.3 is 15.2 Å². The van der Waals surface area contributed by atoms with Crippen LogP contribution in [0.5, 0.6) is 0 Å². The van der Waals surface area contributed by atoms with E-state index in [4.69, 9.17) is 5.11 Å². The molecule has 68 valence electrons. The van der Waals surface area contributed by atoms with Gasteiger partial charge in [-0.25, -0.2) is 4.79 Å². The van der Waals surface area contributed by atoms with Crippen molar-refractivity contribution in [2.24, 2.45) is 0 Å². The summed E-state index contributed by atoms with van der Waals surface area (Å²) in [5, 5.41) is 11.2. The van der Waals surface area contributed by atoms with Crippen LogP contribution in [0.1, 0.15) is 13.3 Å². The quantitative estimate of drug-likeness (QED) is 0.514. The van der Waals surface area contributed by atoms with Gasteiger partial charge in [0.25, 0.3) is 0 Å². The molecule has 1 fully saturated rings. The van der Waals surface area contributed by atoms with E-state index in [1.807, 2.05) is 0 Å². The van der Waals surface area contributed by atoms with Crippen LogP contribution in [0.25, 0.3) is 0 Å². The Morgan fingerprint density at radius 2 is 2.50 bits per heavy atom. The Balaban J connectivity index is 2.40. The molecule has 2 atom stereocenters. The molecule has 5 nitrogen and oxygen atoms in total. The number of carbonyl (C=O) groups is 2. The van der Waals surface area contributed by atoms with Gasteiger partial charge in [0.05, 0.1) is 6.61 Å². The summed E-state index contributed by atoms with van der Waals surface area (Å²) in [7, 11) is 0. The number of carbonyl (C=O) groups excluding carboxylic acids is 2. The average Bonchev–Trinajstić information content (AvgIpc) is 2.36. The first-order valence-electron chi connectivity index (χ1n) is 3.76. The highest BCUT2D eigenvalue weighted by Crippen LogP contribution is 2.05. The molecule has 5 heteroatoms. The maximum Gasteiger partial charge on any atom is 0.328 e. The van der Waals surface area contributed by atoms with Crippen molar-refractivity contribution >= 4 is 11.9 Å². The number of hydrogen-bond donors (Lipinski definition) is 2. The van der Waals surface area contributed by atoms with E-state index in [1.165, 1.54) is 6.92 Å². The Morgan fingerprint density at radius 3 is 2.92 bits per heavy atom. The van der Waals surface area contributed by atoms with E-state index >= 15 is 0 Å². The molecule has 1 rings (SSSR count). The Bertz CT molecular complexity index is 202. The number of esters is 1. The van der Waals surface area contributed by atoms with Crippen molar-refractivity contribution in [2.45, 2.75) is 25.5 Å². The van der Waals surface area contributed by atoms with E-state index in [-0.39, 0.29) is 0 Å². The second kappa shape index (κ2) is 3.53. The molecular formula is C7H11NO4. The average molecular weight is 173 g/mol. The van der Waals surface area contributed by atoms with Gasteiger partial charge in [-0.05, 0) is 6.92 Å². The van der Waals surface area contributed by atoms with Crippen molar-refractivity contribution < 1.29 is 19.4 Å². The van der Waals surface area contributed by atoms with Crippen molar-refractivity contribution in [2.75, 3.05) is 6.61 Å². The largest absolute Gasteiger partial charge is 0.464 e. The lowest BCUT2D eigenvalue weighted by Gasteiger charge is -2.09. The van der Waals surface area contributed by atoms with E-state index in [2.05, 4.69) is 10.1 Å². The molecule has 1 heterocycles. The summed E-state index contributed by atoms with van der Waals surface area (Å²) in [4.78, 5) is 21.7. The first kappa shape index (κ1) is 8.99. The Labute approximate surface area is 69.7 Å². The van der Waals surface area contributed by atoms with Crippen LogP contribution in [0.3, 0.4) is 0 Å². The summed E-state index contributed by atoms with van der Waals surface area (Å²) >= 11 is 0. The SMILES string of the molecule is C[C@@H](O)C(=O)NC1CCOC1=O. The van der Waals surface area contributed by atoms with Crippen LogP contribution in [0.2, 0.25) is 0 Å². The zero-order valence-electron chi connectivity index (χ0n) is 6.74. The molecule has 1 aliphatic heterocycles. The molecule has 0 aliphatic carbocycles. The number of aliphatic hydroxyl groups is 1. The van der Waals surface area contributed by atoms with E-state index in [0.717, 1.165) is 0 Å². The zero-order valence-corrected chi connectivity index (χ0v) is 6.74. The molecule has 2 N–H and O–H groups in total. The lowest BCUT2D eigenvalue weighted by Crippen LogP contribution is -2.42. The van der Waals surface area contributed by atoms with Crippen LogP contribution in [-0.2, 0) is 14.3 Å². The van der Waals surface area contributed by atoms with Crippen molar-refractivity contribution in [1.82, 2.24) is 5.32 Å². The second-order valence-electron chi connectivity index (χ2n) is 2.69. The summed E-state index contributed by atoms with van der Waals surface area (Å²) in [5.74, 6) is -0.970. The number of rotatable bonds is 2. The molecule has 1 aliphatic rings. The first-order chi connectivity index (χ1) is 5.61. The fraction of sp³-hybridized carbons (Fsp3) is 0.714. The van der Waals surface area contributed by atoms with Gasteiger partial charge in [-0.15, -0.1) is 0 Å². The van der Waals surface area contributed by atoms with E-state index < -0.39 is 24.0 Å². The third-order valence-electron chi connectivity index (χ3n) is 1.63. The molecule has 0 spiro atoms. The van der Waals surface area contributed by atoms with Crippen LogP contribution < -0.4 is 5.32 Å². The van der Waals surface area contributed by atoms with E-state index in [9.17, 15) is 9.59 Å². The molecule has 1 amide bonds. The van der Waals surface area contributed by atoms with Gasteiger partial charge in [0, 0.05) is 6.42 Å². The van der Waals surface area contributed by atoms with E-state index in [0.29, 0.717) is 13.0 Å². The maximum absolute atomic E-state index is 10.9. The summed E-state index contributed by atoms with van der Waals surface area (Å²) in [6, 6.07) is -0.577. The molecule has 1 saturated heterocycles. The van der Waals surface area contributed by atoms with Gasteiger partial charge in [0.1, 0.15) is 12.1 Å². The highest BCUT2D eigenvalue weighted by atomic mass is 16.5. The topological polar surface area (TPSA) is 75.6 Å². The van der Waals surface area contributed by atoms with Crippen LogP contribution in [-0.4, -0.2) is 35.7 Å². The van der Waals surface area contributed by atoms with Crippen LogP contribution in [0.4, 0.5) is 0 Å². The Kier molecular flexibility index (Phi) is 2.65. The lowest BCUT2D eigenvalue weighted by molar-refractivity contribution is -0.142. The summed E-state index contributed by atoms with van der Waals surface area (Å²) in [5.41, 5.74) is 0. The fourth-order valence-electron chi connectivity index (χ4n) is 0.919. The standard InChI is InChI=1S/C7H11NO4/c1-4(9)6(10)8-5-2-3-12-7(5)11/h4-5,9H,2-3H2,1H3,(H,8,10)/t4-,5?/m1/s1. The minimum atomic E-state index is -1.08. The maximum atomic E-state index is 10.9. The molecule has 0 aromatic rings. The smallest absolute Gasteiger partial charge is 0.328 e.